The molecule has 0 aromatic heterocycles. The van der Waals surface area contributed by atoms with Crippen molar-refractivity contribution in [3.8, 4) is 0 Å². The molecule has 0 fully saturated rings. The molecule has 158 valence electrons. The van der Waals surface area contributed by atoms with E-state index < -0.39 is 35.8 Å². The minimum absolute atomic E-state index is 0.216. The average Bonchev–Trinajstić information content (AvgIpc) is 3.00. The van der Waals surface area contributed by atoms with Gasteiger partial charge in [0.1, 0.15) is 0 Å². The molecule has 0 bridgehead atoms. The second-order valence-corrected chi connectivity index (χ2v) is 6.20. The molecule has 4 amide bonds. The first kappa shape index (κ1) is 22.3. The molecule has 9 nitrogen and oxygen atoms in total. The Morgan fingerprint density at radius 1 is 0.867 bits per heavy atom. The first-order chi connectivity index (χ1) is 13.7. The average molecular weight is 425 g/mol. The predicted molar refractivity (Wildman–Crippen MR) is 97.0 cm³/mol. The summed E-state index contributed by atoms with van der Waals surface area (Å²) in [7, 11) is 0. The van der Waals surface area contributed by atoms with E-state index in [4.69, 9.17) is 15.6 Å². The van der Waals surface area contributed by atoms with Crippen molar-refractivity contribution in [3.63, 3.8) is 0 Å². The molecule has 1 aromatic carbocycles. The van der Waals surface area contributed by atoms with Crippen molar-refractivity contribution in [1.82, 2.24) is 0 Å². The van der Waals surface area contributed by atoms with Crippen molar-refractivity contribution in [2.75, 3.05) is 15.5 Å². The number of amides is 4. The van der Waals surface area contributed by atoms with Gasteiger partial charge in [0.25, 0.3) is 23.6 Å². The van der Waals surface area contributed by atoms with Crippen LogP contribution in [0.1, 0.15) is 13.8 Å². The summed E-state index contributed by atoms with van der Waals surface area (Å²) in [4.78, 5) is 58.9. The second kappa shape index (κ2) is 7.81. The van der Waals surface area contributed by atoms with E-state index in [1.165, 1.54) is 44.2 Å². The summed E-state index contributed by atoms with van der Waals surface area (Å²) in [5.74, 6) is -4.65. The number of aliphatic carboxylic acids is 1. The maximum absolute atomic E-state index is 12.1. The Kier molecular flexibility index (Phi) is 5.81. The fourth-order valence-corrected chi connectivity index (χ4v) is 2.54. The van der Waals surface area contributed by atoms with Crippen LogP contribution in [0.5, 0.6) is 0 Å². The van der Waals surface area contributed by atoms with Crippen LogP contribution in [0.2, 0.25) is 0 Å². The number of hydrogen-bond acceptors (Lipinski definition) is 6. The molecule has 3 rings (SSSR count). The number of benzene rings is 1. The van der Waals surface area contributed by atoms with Gasteiger partial charge < -0.3 is 10.8 Å². The first-order valence-corrected chi connectivity index (χ1v) is 8.08. The highest BCUT2D eigenvalue weighted by Crippen LogP contribution is 2.32. The van der Waals surface area contributed by atoms with Crippen molar-refractivity contribution in [3.05, 3.63) is 41.5 Å². The Hall–Kier alpha value is -3.96. The number of hydrogen-bond donors (Lipinski definition) is 2. The second-order valence-electron chi connectivity index (χ2n) is 6.20. The number of imide groups is 2. The first-order valence-electron chi connectivity index (χ1n) is 8.08. The molecular formula is C18H14F3N3O6. The summed E-state index contributed by atoms with van der Waals surface area (Å²) in [6.45, 7) is 3.07. The van der Waals surface area contributed by atoms with Crippen LogP contribution in [-0.4, -0.2) is 40.9 Å². The standard InChI is InChI=1S/C16H13N3O4.C2HF3O2/c1-8-3-13(20)18(15(8)22)11-5-10(17)6-12(7-11)19-14(21)4-9(2)16(19)23;3-2(4,5)1(6)7/h3-7H,17H2,1-2H3;(H,6,7). The fourth-order valence-electron chi connectivity index (χ4n) is 2.54. The van der Waals surface area contributed by atoms with Gasteiger partial charge in [-0.15, -0.1) is 0 Å². The minimum atomic E-state index is -5.08. The molecule has 0 aliphatic carbocycles. The molecule has 2 aliphatic rings. The van der Waals surface area contributed by atoms with Crippen LogP contribution in [0.3, 0.4) is 0 Å². The van der Waals surface area contributed by atoms with Crippen LogP contribution in [0, 0.1) is 0 Å². The molecular weight excluding hydrogens is 411 g/mol. The molecule has 3 N–H and O–H groups in total. The molecule has 1 aromatic rings. The number of anilines is 3. The molecule has 0 saturated heterocycles. The SMILES string of the molecule is CC1=CC(=O)N(c2cc(N)cc(N3C(=O)C=C(C)C3=O)c2)C1=O.O=C(O)C(F)(F)F. The molecule has 0 spiro atoms. The van der Waals surface area contributed by atoms with E-state index in [0.717, 1.165) is 9.80 Å². The summed E-state index contributed by atoms with van der Waals surface area (Å²) in [6.07, 6.45) is -2.63. The van der Waals surface area contributed by atoms with Crippen LogP contribution in [0.25, 0.3) is 0 Å². The highest BCUT2D eigenvalue weighted by Gasteiger charge is 2.38. The zero-order valence-electron chi connectivity index (χ0n) is 15.5. The smallest absolute Gasteiger partial charge is 0.475 e. The van der Waals surface area contributed by atoms with Gasteiger partial charge in [-0.1, -0.05) is 0 Å². The lowest BCUT2D eigenvalue weighted by Crippen LogP contribution is -2.33. The molecule has 0 unspecified atom stereocenters. The number of nitrogen functional groups attached to an aromatic ring is 1. The Morgan fingerprint density at radius 3 is 1.43 bits per heavy atom. The topological polar surface area (TPSA) is 138 Å². The monoisotopic (exact) mass is 425 g/mol. The highest BCUT2D eigenvalue weighted by atomic mass is 19.4. The molecule has 2 heterocycles. The number of nitrogens with two attached hydrogens (primary N) is 1. The van der Waals surface area contributed by atoms with Gasteiger partial charge in [-0.05, 0) is 32.0 Å². The number of carboxylic acid groups (broad SMARTS) is 1. The lowest BCUT2D eigenvalue weighted by atomic mass is 10.2. The van der Waals surface area contributed by atoms with Crippen LogP contribution < -0.4 is 15.5 Å². The summed E-state index contributed by atoms with van der Waals surface area (Å²) in [6, 6.07) is 4.30. The third-order valence-corrected chi connectivity index (χ3v) is 3.89. The molecule has 12 heteroatoms. The maximum Gasteiger partial charge on any atom is 0.490 e. The Labute approximate surface area is 166 Å². The van der Waals surface area contributed by atoms with Gasteiger partial charge in [-0.2, -0.15) is 13.2 Å². The number of nitrogens with zero attached hydrogens (tertiary/aromatic N) is 2. The van der Waals surface area contributed by atoms with Crippen LogP contribution in [0.4, 0.5) is 30.2 Å². The molecule has 0 saturated carbocycles. The Bertz CT molecular complexity index is 976. The van der Waals surface area contributed by atoms with E-state index in [0.29, 0.717) is 11.1 Å². The number of carbonyl (C=O) groups excluding carboxylic acids is 4. The number of rotatable bonds is 2. The summed E-state index contributed by atoms with van der Waals surface area (Å²) >= 11 is 0. The number of carboxylic acids is 1. The third kappa shape index (κ3) is 4.37. The van der Waals surface area contributed by atoms with E-state index in [-0.39, 0.29) is 17.1 Å². The molecule has 2 aliphatic heterocycles. The summed E-state index contributed by atoms with van der Waals surface area (Å²) in [5, 5.41) is 7.12. The largest absolute Gasteiger partial charge is 0.490 e. The predicted octanol–water partition coefficient (Wildman–Crippen LogP) is 1.54. The zero-order chi connectivity index (χ0) is 23.0. The van der Waals surface area contributed by atoms with Crippen molar-refractivity contribution in [1.29, 1.82) is 0 Å². The third-order valence-electron chi connectivity index (χ3n) is 3.89. The van der Waals surface area contributed by atoms with Gasteiger partial charge >= 0.3 is 12.1 Å². The van der Waals surface area contributed by atoms with Crippen LogP contribution >= 0.6 is 0 Å². The van der Waals surface area contributed by atoms with Gasteiger partial charge in [-0.25, -0.2) is 14.6 Å². The van der Waals surface area contributed by atoms with Crippen molar-refractivity contribution in [2.24, 2.45) is 0 Å². The van der Waals surface area contributed by atoms with Crippen molar-refractivity contribution < 1.29 is 42.3 Å². The maximum atomic E-state index is 12.1. The fraction of sp³-hybridized carbons (Fsp3) is 0.167. The number of alkyl halides is 3. The van der Waals surface area contributed by atoms with E-state index in [9.17, 15) is 32.3 Å². The van der Waals surface area contributed by atoms with Gasteiger partial charge in [0, 0.05) is 29.0 Å². The van der Waals surface area contributed by atoms with Crippen LogP contribution in [-0.2, 0) is 24.0 Å². The van der Waals surface area contributed by atoms with Gasteiger partial charge in [0.05, 0.1) is 11.4 Å². The highest BCUT2D eigenvalue weighted by molar-refractivity contribution is 6.32. The van der Waals surface area contributed by atoms with Crippen LogP contribution in [0.15, 0.2) is 41.5 Å². The summed E-state index contributed by atoms with van der Waals surface area (Å²) in [5.41, 5.74) is 7.09. The van der Waals surface area contributed by atoms with E-state index in [1.54, 1.807) is 0 Å². The normalized spacial score (nSPS) is 16.4. The van der Waals surface area contributed by atoms with Crippen molar-refractivity contribution >= 4 is 46.7 Å². The van der Waals surface area contributed by atoms with Gasteiger partial charge in [0.15, 0.2) is 0 Å². The van der Waals surface area contributed by atoms with Gasteiger partial charge in [0.2, 0.25) is 0 Å². The summed E-state index contributed by atoms with van der Waals surface area (Å²) < 4.78 is 31.7. The number of carbonyl (C=O) groups is 5. The lowest BCUT2D eigenvalue weighted by Gasteiger charge is -2.20. The Balaban J connectivity index is 0.000000396. The lowest BCUT2D eigenvalue weighted by molar-refractivity contribution is -0.192. The molecule has 0 radical (unpaired) electrons. The Morgan fingerprint density at radius 2 is 1.20 bits per heavy atom. The molecule has 0 atom stereocenters. The zero-order valence-corrected chi connectivity index (χ0v) is 15.5. The number of halogens is 3. The van der Waals surface area contributed by atoms with E-state index in [2.05, 4.69) is 0 Å². The van der Waals surface area contributed by atoms with E-state index >= 15 is 0 Å². The minimum Gasteiger partial charge on any atom is -0.475 e. The van der Waals surface area contributed by atoms with Gasteiger partial charge in [-0.3, -0.25) is 19.2 Å². The quantitative estimate of drug-likeness (QED) is 0.541. The molecule has 30 heavy (non-hydrogen) atoms. The van der Waals surface area contributed by atoms with Crippen molar-refractivity contribution in [2.45, 2.75) is 20.0 Å². The van der Waals surface area contributed by atoms with E-state index in [1.807, 2.05) is 0 Å².